The number of nitrogens with one attached hydrogen (secondary N) is 2. The number of aromatic amines is 1. The van der Waals surface area contributed by atoms with Gasteiger partial charge in [-0.2, -0.15) is 0 Å². The van der Waals surface area contributed by atoms with Crippen LogP contribution in [0.15, 0.2) is 24.4 Å². The fourth-order valence-electron chi connectivity index (χ4n) is 2.03. The van der Waals surface area contributed by atoms with Gasteiger partial charge in [-0.15, -0.1) is 0 Å². The summed E-state index contributed by atoms with van der Waals surface area (Å²) < 4.78 is 0. The molecule has 3 nitrogen and oxygen atoms in total. The molecular formula is C14H18N2O. The molecule has 0 spiro atoms. The normalized spacial score (nSPS) is 10.7. The van der Waals surface area contributed by atoms with Gasteiger partial charge in [0.1, 0.15) is 0 Å². The summed E-state index contributed by atoms with van der Waals surface area (Å²) >= 11 is 0. The lowest BCUT2D eigenvalue weighted by atomic mass is 10.1. The first-order valence-corrected chi connectivity index (χ1v) is 6.04. The number of hydrogen-bond acceptors (Lipinski definition) is 1. The van der Waals surface area contributed by atoms with Crippen LogP contribution in [-0.4, -0.2) is 17.4 Å². The highest BCUT2D eigenvalue weighted by molar-refractivity contribution is 5.84. The highest BCUT2D eigenvalue weighted by atomic mass is 16.1. The standard InChI is InChI=1S/C14H18N2O/c1-3-11-4-5-14-13(8-11)12(9-16-14)6-7-15-10(2)17/h4-5,8-9,16H,3,6-7H2,1-2H3,(H,15,17). The monoisotopic (exact) mass is 230 g/mol. The Balaban J connectivity index is 2.19. The van der Waals surface area contributed by atoms with Crippen LogP contribution in [-0.2, 0) is 17.6 Å². The van der Waals surface area contributed by atoms with Gasteiger partial charge in [-0.3, -0.25) is 4.79 Å². The lowest BCUT2D eigenvalue weighted by Gasteiger charge is -2.02. The van der Waals surface area contributed by atoms with E-state index in [4.69, 9.17) is 0 Å². The van der Waals surface area contributed by atoms with E-state index in [1.807, 2.05) is 6.20 Å². The average molecular weight is 230 g/mol. The molecule has 0 bridgehead atoms. The number of carbonyl (C=O) groups is 1. The molecular weight excluding hydrogens is 212 g/mol. The van der Waals surface area contributed by atoms with Gasteiger partial charge in [-0.05, 0) is 36.1 Å². The van der Waals surface area contributed by atoms with Crippen molar-refractivity contribution in [1.82, 2.24) is 10.3 Å². The van der Waals surface area contributed by atoms with Crippen LogP contribution in [0.25, 0.3) is 10.9 Å². The highest BCUT2D eigenvalue weighted by Crippen LogP contribution is 2.20. The zero-order valence-electron chi connectivity index (χ0n) is 10.3. The summed E-state index contributed by atoms with van der Waals surface area (Å²) in [6.07, 6.45) is 3.95. The molecule has 0 aliphatic heterocycles. The summed E-state index contributed by atoms with van der Waals surface area (Å²) in [5.74, 6) is 0.0269. The van der Waals surface area contributed by atoms with E-state index >= 15 is 0 Å². The zero-order chi connectivity index (χ0) is 12.3. The molecule has 0 saturated carbocycles. The van der Waals surface area contributed by atoms with Crippen molar-refractivity contribution in [1.29, 1.82) is 0 Å². The number of rotatable bonds is 4. The molecule has 0 aliphatic rings. The lowest BCUT2D eigenvalue weighted by molar-refractivity contribution is -0.118. The summed E-state index contributed by atoms with van der Waals surface area (Å²) in [6.45, 7) is 4.40. The topological polar surface area (TPSA) is 44.9 Å². The quantitative estimate of drug-likeness (QED) is 0.832. The van der Waals surface area contributed by atoms with Crippen LogP contribution in [0.1, 0.15) is 25.0 Å². The molecule has 1 aromatic heterocycles. The summed E-state index contributed by atoms with van der Waals surface area (Å²) in [7, 11) is 0. The van der Waals surface area contributed by atoms with Crippen molar-refractivity contribution in [3.05, 3.63) is 35.5 Å². The summed E-state index contributed by atoms with van der Waals surface area (Å²) in [5.41, 5.74) is 3.78. The average Bonchev–Trinajstić information content (AvgIpc) is 2.71. The Morgan fingerprint density at radius 3 is 2.94 bits per heavy atom. The fourth-order valence-corrected chi connectivity index (χ4v) is 2.03. The number of amides is 1. The fraction of sp³-hybridized carbons (Fsp3) is 0.357. The molecule has 17 heavy (non-hydrogen) atoms. The second-order valence-electron chi connectivity index (χ2n) is 4.28. The van der Waals surface area contributed by atoms with Gasteiger partial charge in [0.15, 0.2) is 0 Å². The van der Waals surface area contributed by atoms with E-state index in [-0.39, 0.29) is 5.91 Å². The Morgan fingerprint density at radius 1 is 1.41 bits per heavy atom. The van der Waals surface area contributed by atoms with Gasteiger partial charge >= 0.3 is 0 Å². The Labute approximate surface area is 101 Å². The smallest absolute Gasteiger partial charge is 0.216 e. The van der Waals surface area contributed by atoms with Gasteiger partial charge in [0.25, 0.3) is 0 Å². The third-order valence-electron chi connectivity index (χ3n) is 3.01. The second kappa shape index (κ2) is 5.04. The van der Waals surface area contributed by atoms with Gasteiger partial charge in [0.05, 0.1) is 0 Å². The van der Waals surface area contributed by atoms with E-state index in [1.54, 1.807) is 6.92 Å². The van der Waals surface area contributed by atoms with Crippen molar-refractivity contribution >= 4 is 16.8 Å². The van der Waals surface area contributed by atoms with Gasteiger partial charge in [0.2, 0.25) is 5.91 Å². The first kappa shape index (κ1) is 11.7. The summed E-state index contributed by atoms with van der Waals surface area (Å²) in [4.78, 5) is 14.1. The molecule has 2 aromatic rings. The van der Waals surface area contributed by atoms with E-state index in [1.165, 1.54) is 22.0 Å². The summed E-state index contributed by atoms with van der Waals surface area (Å²) in [5, 5.41) is 4.10. The number of aromatic nitrogens is 1. The van der Waals surface area contributed by atoms with Crippen LogP contribution < -0.4 is 5.32 Å². The van der Waals surface area contributed by atoms with Crippen molar-refractivity contribution in [2.24, 2.45) is 0 Å². The highest BCUT2D eigenvalue weighted by Gasteiger charge is 2.04. The minimum Gasteiger partial charge on any atom is -0.361 e. The molecule has 0 fully saturated rings. The van der Waals surface area contributed by atoms with Crippen LogP contribution in [0.2, 0.25) is 0 Å². The molecule has 3 heteroatoms. The molecule has 1 heterocycles. The number of benzene rings is 1. The van der Waals surface area contributed by atoms with Crippen molar-refractivity contribution < 1.29 is 4.79 Å². The minimum atomic E-state index is 0.0269. The number of carbonyl (C=O) groups excluding carboxylic acids is 1. The first-order chi connectivity index (χ1) is 8.20. The predicted octanol–water partition coefficient (Wildman–Crippen LogP) is 2.41. The Hall–Kier alpha value is -1.77. The van der Waals surface area contributed by atoms with E-state index < -0.39 is 0 Å². The van der Waals surface area contributed by atoms with E-state index in [2.05, 4.69) is 35.4 Å². The van der Waals surface area contributed by atoms with Crippen LogP contribution >= 0.6 is 0 Å². The Morgan fingerprint density at radius 2 is 2.24 bits per heavy atom. The van der Waals surface area contributed by atoms with Crippen molar-refractivity contribution in [3.63, 3.8) is 0 Å². The maximum absolute atomic E-state index is 10.8. The SMILES string of the molecule is CCc1ccc2[nH]cc(CCNC(C)=O)c2c1. The van der Waals surface area contributed by atoms with Crippen LogP contribution in [0, 0.1) is 0 Å². The first-order valence-electron chi connectivity index (χ1n) is 6.04. The maximum Gasteiger partial charge on any atom is 0.216 e. The maximum atomic E-state index is 10.8. The van der Waals surface area contributed by atoms with Crippen molar-refractivity contribution in [3.8, 4) is 0 Å². The van der Waals surface area contributed by atoms with Crippen molar-refractivity contribution in [2.45, 2.75) is 26.7 Å². The predicted molar refractivity (Wildman–Crippen MR) is 70.1 cm³/mol. The largest absolute Gasteiger partial charge is 0.361 e. The van der Waals surface area contributed by atoms with E-state index in [9.17, 15) is 4.79 Å². The van der Waals surface area contributed by atoms with Gasteiger partial charge in [-0.1, -0.05) is 13.0 Å². The molecule has 2 N–H and O–H groups in total. The minimum absolute atomic E-state index is 0.0269. The number of aryl methyl sites for hydroxylation is 1. The second-order valence-corrected chi connectivity index (χ2v) is 4.28. The molecule has 0 unspecified atom stereocenters. The molecule has 0 radical (unpaired) electrons. The van der Waals surface area contributed by atoms with Crippen LogP contribution in [0.4, 0.5) is 0 Å². The molecule has 2 rings (SSSR count). The number of fused-ring (bicyclic) bond motifs is 1. The lowest BCUT2D eigenvalue weighted by Crippen LogP contribution is -2.22. The Bertz CT molecular complexity index is 528. The molecule has 1 aromatic carbocycles. The zero-order valence-corrected chi connectivity index (χ0v) is 10.3. The third kappa shape index (κ3) is 2.67. The van der Waals surface area contributed by atoms with E-state index in [0.717, 1.165) is 12.8 Å². The van der Waals surface area contributed by atoms with Crippen LogP contribution in [0.3, 0.4) is 0 Å². The van der Waals surface area contributed by atoms with Gasteiger partial charge < -0.3 is 10.3 Å². The van der Waals surface area contributed by atoms with Gasteiger partial charge in [0, 0.05) is 30.6 Å². The van der Waals surface area contributed by atoms with Gasteiger partial charge in [-0.25, -0.2) is 0 Å². The molecule has 1 amide bonds. The molecule has 90 valence electrons. The number of H-pyrrole nitrogens is 1. The summed E-state index contributed by atoms with van der Waals surface area (Å²) in [6, 6.07) is 6.50. The third-order valence-corrected chi connectivity index (χ3v) is 3.01. The van der Waals surface area contributed by atoms with E-state index in [0.29, 0.717) is 6.54 Å². The molecule has 0 aliphatic carbocycles. The molecule has 0 saturated heterocycles. The number of hydrogen-bond donors (Lipinski definition) is 2. The molecule has 0 atom stereocenters. The Kier molecular flexibility index (Phi) is 3.47. The van der Waals surface area contributed by atoms with Crippen molar-refractivity contribution in [2.75, 3.05) is 6.54 Å². The van der Waals surface area contributed by atoms with Crippen LogP contribution in [0.5, 0.6) is 0 Å².